The van der Waals surface area contributed by atoms with E-state index in [1.165, 1.54) is 0 Å². The van der Waals surface area contributed by atoms with Crippen LogP contribution in [-0.4, -0.2) is 73.9 Å². The van der Waals surface area contributed by atoms with Crippen LogP contribution in [-0.2, 0) is 4.74 Å². The van der Waals surface area contributed by atoms with E-state index in [-0.39, 0.29) is 51.4 Å². The first-order valence-corrected chi connectivity index (χ1v) is 1.26. The molecule has 6 heteroatoms. The summed E-state index contributed by atoms with van der Waals surface area (Å²) in [6.45, 7) is 0. The van der Waals surface area contributed by atoms with Gasteiger partial charge in [-0.25, -0.2) is 9.59 Å². The monoisotopic (exact) mass is 146 g/mol. The molecular formula is C2H3KO5. The van der Waals surface area contributed by atoms with Gasteiger partial charge in [0.2, 0.25) is 0 Å². The summed E-state index contributed by atoms with van der Waals surface area (Å²) in [5, 5.41) is 15.0. The minimum atomic E-state index is -1.81. The third-order valence-electron chi connectivity index (χ3n) is 0.175. The Morgan fingerprint density at radius 2 is 1.38 bits per heavy atom. The topological polar surface area (TPSA) is 83.8 Å². The van der Waals surface area contributed by atoms with E-state index in [1.807, 2.05) is 0 Å². The van der Waals surface area contributed by atoms with Gasteiger partial charge in [0.25, 0.3) is 0 Å². The van der Waals surface area contributed by atoms with Gasteiger partial charge in [0.1, 0.15) is 0 Å². The van der Waals surface area contributed by atoms with Crippen LogP contribution in [0, 0.1) is 0 Å². The van der Waals surface area contributed by atoms with Crippen molar-refractivity contribution in [2.75, 3.05) is 0 Å². The second kappa shape index (κ2) is 5.51. The summed E-state index contributed by atoms with van der Waals surface area (Å²) in [6, 6.07) is 0. The fraction of sp³-hybridized carbons (Fsp3) is 0. The van der Waals surface area contributed by atoms with E-state index in [0.717, 1.165) is 0 Å². The van der Waals surface area contributed by atoms with Crippen LogP contribution in [0.5, 0.6) is 0 Å². The number of carbonyl (C=O) groups is 2. The zero-order valence-electron chi connectivity index (χ0n) is 3.12. The molecule has 8 heavy (non-hydrogen) atoms. The van der Waals surface area contributed by atoms with Gasteiger partial charge in [0.15, 0.2) is 0 Å². The molecule has 42 valence electrons. The molecule has 0 aliphatic rings. The Kier molecular flexibility index (Phi) is 7.72. The number of hydrogen-bond acceptors (Lipinski definition) is 3. The molecule has 0 saturated carbocycles. The van der Waals surface area contributed by atoms with Crippen LogP contribution in [0.4, 0.5) is 9.59 Å². The molecule has 0 aliphatic carbocycles. The summed E-state index contributed by atoms with van der Waals surface area (Å²) in [4.78, 5) is 18.4. The van der Waals surface area contributed by atoms with Crippen molar-refractivity contribution in [1.29, 1.82) is 0 Å². The van der Waals surface area contributed by atoms with E-state index in [1.54, 1.807) is 0 Å². The second-order valence-corrected chi connectivity index (χ2v) is 0.634. The van der Waals surface area contributed by atoms with Gasteiger partial charge in [-0.3, -0.25) is 0 Å². The van der Waals surface area contributed by atoms with Crippen molar-refractivity contribution in [2.45, 2.75) is 0 Å². The Labute approximate surface area is 87.1 Å². The Morgan fingerprint density at radius 3 is 1.38 bits per heavy atom. The maximum absolute atomic E-state index is 9.21. The van der Waals surface area contributed by atoms with Gasteiger partial charge >= 0.3 is 63.7 Å². The van der Waals surface area contributed by atoms with Crippen LogP contribution in [0.15, 0.2) is 0 Å². The van der Waals surface area contributed by atoms with Crippen LogP contribution < -0.4 is 0 Å². The molecule has 0 radical (unpaired) electrons. The SMILES string of the molecule is O=C(O)OC(=O)O.[KH]. The molecule has 0 rings (SSSR count). The normalized spacial score (nSPS) is 6.50. The van der Waals surface area contributed by atoms with Gasteiger partial charge in [-0.15, -0.1) is 0 Å². The number of rotatable bonds is 0. The molecule has 0 heterocycles. The van der Waals surface area contributed by atoms with Crippen molar-refractivity contribution in [3.8, 4) is 0 Å². The summed E-state index contributed by atoms with van der Waals surface area (Å²) >= 11 is 0. The summed E-state index contributed by atoms with van der Waals surface area (Å²) < 4.78 is 3.08. The average molecular weight is 146 g/mol. The average Bonchev–Trinajstić information content (AvgIpc) is 1.27. The molecular weight excluding hydrogens is 143 g/mol. The van der Waals surface area contributed by atoms with Crippen LogP contribution in [0.2, 0.25) is 0 Å². The van der Waals surface area contributed by atoms with Crippen LogP contribution in [0.25, 0.3) is 0 Å². The van der Waals surface area contributed by atoms with Gasteiger partial charge in [0.05, 0.1) is 0 Å². The summed E-state index contributed by atoms with van der Waals surface area (Å²) in [5.74, 6) is 0. The summed E-state index contributed by atoms with van der Waals surface area (Å²) in [5.41, 5.74) is 0. The maximum atomic E-state index is 9.21. The van der Waals surface area contributed by atoms with E-state index in [2.05, 4.69) is 4.74 Å². The summed E-state index contributed by atoms with van der Waals surface area (Å²) in [7, 11) is 0. The van der Waals surface area contributed by atoms with Gasteiger partial charge in [-0.1, -0.05) is 0 Å². The van der Waals surface area contributed by atoms with Gasteiger partial charge < -0.3 is 14.9 Å². The zero-order valence-corrected chi connectivity index (χ0v) is 3.12. The number of hydrogen-bond donors (Lipinski definition) is 2. The Balaban J connectivity index is 0. The van der Waals surface area contributed by atoms with E-state index in [4.69, 9.17) is 10.2 Å². The fourth-order valence-electron chi connectivity index (χ4n) is 0.0747. The van der Waals surface area contributed by atoms with Crippen molar-refractivity contribution in [2.24, 2.45) is 0 Å². The van der Waals surface area contributed by atoms with Crippen LogP contribution in [0.3, 0.4) is 0 Å². The third kappa shape index (κ3) is 9.62. The van der Waals surface area contributed by atoms with E-state index < -0.39 is 12.3 Å². The van der Waals surface area contributed by atoms with E-state index in [9.17, 15) is 9.59 Å². The second-order valence-electron chi connectivity index (χ2n) is 0.634. The molecule has 0 aromatic heterocycles. The molecule has 0 amide bonds. The Morgan fingerprint density at radius 1 is 1.12 bits per heavy atom. The molecule has 0 bridgehead atoms. The van der Waals surface area contributed by atoms with E-state index >= 15 is 0 Å². The molecule has 2 N–H and O–H groups in total. The first-order valence-electron chi connectivity index (χ1n) is 1.26. The van der Waals surface area contributed by atoms with Crippen molar-refractivity contribution in [3.05, 3.63) is 0 Å². The molecule has 0 spiro atoms. The van der Waals surface area contributed by atoms with Crippen molar-refractivity contribution in [1.82, 2.24) is 0 Å². The van der Waals surface area contributed by atoms with Crippen LogP contribution in [0.1, 0.15) is 0 Å². The quantitative estimate of drug-likeness (QED) is 0.279. The van der Waals surface area contributed by atoms with Gasteiger partial charge in [-0.2, -0.15) is 0 Å². The van der Waals surface area contributed by atoms with Crippen molar-refractivity contribution >= 4 is 63.7 Å². The van der Waals surface area contributed by atoms with Gasteiger partial charge in [-0.05, 0) is 0 Å². The van der Waals surface area contributed by atoms with Crippen molar-refractivity contribution in [3.63, 3.8) is 0 Å². The third-order valence-corrected chi connectivity index (χ3v) is 0.175. The summed E-state index contributed by atoms with van der Waals surface area (Å²) in [6.07, 6.45) is -3.62. The van der Waals surface area contributed by atoms with E-state index in [0.29, 0.717) is 0 Å². The molecule has 0 fully saturated rings. The fourth-order valence-corrected chi connectivity index (χ4v) is 0.0747. The molecule has 0 saturated heterocycles. The molecule has 0 aromatic carbocycles. The molecule has 0 atom stereocenters. The molecule has 0 unspecified atom stereocenters. The number of carboxylic acid groups (broad SMARTS) is 2. The minimum absolute atomic E-state index is 0. The standard InChI is InChI=1S/C2H2O5.K.H/c3-1(4)7-2(5)6;;/h(H,3,4)(H,5,6);;. The molecule has 0 aliphatic heterocycles. The number of ether oxygens (including phenoxy) is 1. The Bertz CT molecular complexity index is 86.6. The van der Waals surface area contributed by atoms with Gasteiger partial charge in [0, 0.05) is 0 Å². The zero-order chi connectivity index (χ0) is 5.86. The molecule has 0 aromatic rings. The first-order chi connectivity index (χ1) is 3.13. The van der Waals surface area contributed by atoms with Crippen LogP contribution >= 0.6 is 0 Å². The molecule has 5 nitrogen and oxygen atoms in total. The Hall–Kier alpha value is 0.376. The first kappa shape index (κ1) is 11.2. The van der Waals surface area contributed by atoms with Crippen molar-refractivity contribution < 1.29 is 24.5 Å². The predicted molar refractivity (Wildman–Crippen MR) is 24.3 cm³/mol. The predicted octanol–water partition coefficient (Wildman–Crippen LogP) is -0.290.